The summed E-state index contributed by atoms with van der Waals surface area (Å²) in [5, 5.41) is 12.6. The van der Waals surface area contributed by atoms with E-state index in [2.05, 4.69) is 10.2 Å². The average molecular weight is 284 g/mol. The zero-order valence-electron chi connectivity index (χ0n) is 12.6. The predicted octanol–water partition coefficient (Wildman–Crippen LogP) is 0.766. The van der Waals surface area contributed by atoms with E-state index in [0.29, 0.717) is 32.3 Å². The minimum Gasteiger partial charge on any atom is -0.396 e. The molecule has 2 rings (SSSR count). The lowest BCUT2D eigenvalue weighted by Crippen LogP contribution is -2.46. The van der Waals surface area contributed by atoms with Gasteiger partial charge in [-0.25, -0.2) is 0 Å². The van der Waals surface area contributed by atoms with E-state index in [1.807, 2.05) is 7.05 Å². The van der Waals surface area contributed by atoms with Crippen LogP contribution in [-0.2, 0) is 9.53 Å². The first-order valence-corrected chi connectivity index (χ1v) is 7.81. The minimum atomic E-state index is -0.181. The molecular formula is C15H28N2O3. The number of amides is 1. The summed E-state index contributed by atoms with van der Waals surface area (Å²) in [5.74, 6) is 0.0683. The fourth-order valence-corrected chi connectivity index (χ4v) is 3.24. The Morgan fingerprint density at radius 1 is 1.35 bits per heavy atom. The van der Waals surface area contributed by atoms with Crippen LogP contribution in [0.3, 0.4) is 0 Å². The van der Waals surface area contributed by atoms with Gasteiger partial charge in [-0.2, -0.15) is 0 Å². The normalized spacial score (nSPS) is 23.1. The summed E-state index contributed by atoms with van der Waals surface area (Å²) in [4.78, 5) is 14.2. The van der Waals surface area contributed by atoms with Crippen LogP contribution in [0.25, 0.3) is 0 Å². The summed E-state index contributed by atoms with van der Waals surface area (Å²) in [6.07, 6.45) is 6.63. The van der Waals surface area contributed by atoms with E-state index in [0.717, 1.165) is 12.8 Å². The van der Waals surface area contributed by atoms with Gasteiger partial charge in [0.2, 0.25) is 5.91 Å². The molecule has 0 aromatic heterocycles. The van der Waals surface area contributed by atoms with Gasteiger partial charge in [-0.05, 0) is 32.7 Å². The first-order chi connectivity index (χ1) is 9.65. The number of ether oxygens (including phenoxy) is 1. The van der Waals surface area contributed by atoms with Gasteiger partial charge in [0.15, 0.2) is 0 Å². The van der Waals surface area contributed by atoms with Crippen molar-refractivity contribution in [1.82, 2.24) is 10.2 Å². The lowest BCUT2D eigenvalue weighted by atomic mass is 9.81. The van der Waals surface area contributed by atoms with E-state index >= 15 is 0 Å². The van der Waals surface area contributed by atoms with Crippen molar-refractivity contribution in [2.75, 3.05) is 40.0 Å². The Bertz CT molecular complexity index is 310. The molecule has 1 amide bonds. The number of carbonyl (C=O) groups is 1. The van der Waals surface area contributed by atoms with Crippen molar-refractivity contribution >= 4 is 5.91 Å². The fourth-order valence-electron chi connectivity index (χ4n) is 3.24. The van der Waals surface area contributed by atoms with Crippen LogP contribution in [0.4, 0.5) is 0 Å². The second-order valence-corrected chi connectivity index (χ2v) is 6.40. The van der Waals surface area contributed by atoms with Crippen LogP contribution in [0, 0.1) is 5.41 Å². The molecule has 0 spiro atoms. The van der Waals surface area contributed by atoms with Gasteiger partial charge in [-0.1, -0.05) is 12.8 Å². The minimum absolute atomic E-state index is 0.0683. The van der Waals surface area contributed by atoms with E-state index in [-0.39, 0.29) is 17.9 Å². The SMILES string of the molecule is CN(CC(=O)NCC1(CO)CCOCC1)C1CCCC1. The van der Waals surface area contributed by atoms with E-state index in [1.54, 1.807) is 0 Å². The third kappa shape index (κ3) is 4.17. The molecule has 0 radical (unpaired) electrons. The molecule has 1 saturated heterocycles. The Balaban J connectivity index is 1.73. The Hall–Kier alpha value is -0.650. The van der Waals surface area contributed by atoms with Gasteiger partial charge in [-0.3, -0.25) is 9.69 Å². The molecule has 0 unspecified atom stereocenters. The summed E-state index contributed by atoms with van der Waals surface area (Å²) in [6, 6.07) is 0.565. The number of rotatable bonds is 6. The molecule has 2 aliphatic rings. The third-order valence-corrected chi connectivity index (χ3v) is 4.89. The van der Waals surface area contributed by atoms with E-state index in [4.69, 9.17) is 4.74 Å². The Morgan fingerprint density at radius 3 is 2.60 bits per heavy atom. The second-order valence-electron chi connectivity index (χ2n) is 6.40. The highest BCUT2D eigenvalue weighted by Gasteiger charge is 2.32. The number of likely N-dealkylation sites (N-methyl/N-ethyl adjacent to an activating group) is 1. The number of nitrogens with zero attached hydrogens (tertiary/aromatic N) is 1. The number of carbonyl (C=O) groups excluding carboxylic acids is 1. The molecule has 5 nitrogen and oxygen atoms in total. The second kappa shape index (κ2) is 7.38. The van der Waals surface area contributed by atoms with Crippen molar-refractivity contribution in [1.29, 1.82) is 0 Å². The van der Waals surface area contributed by atoms with Crippen LogP contribution in [-0.4, -0.2) is 61.9 Å². The number of aliphatic hydroxyl groups excluding tert-OH is 1. The van der Waals surface area contributed by atoms with Crippen molar-refractivity contribution in [3.8, 4) is 0 Å². The molecule has 116 valence electrons. The molecule has 1 saturated carbocycles. The van der Waals surface area contributed by atoms with Gasteiger partial charge in [0.1, 0.15) is 0 Å². The lowest BCUT2D eigenvalue weighted by Gasteiger charge is -2.35. The highest BCUT2D eigenvalue weighted by molar-refractivity contribution is 5.78. The van der Waals surface area contributed by atoms with Crippen molar-refractivity contribution < 1.29 is 14.6 Å². The van der Waals surface area contributed by atoms with Crippen molar-refractivity contribution in [3.05, 3.63) is 0 Å². The van der Waals surface area contributed by atoms with Gasteiger partial charge in [-0.15, -0.1) is 0 Å². The van der Waals surface area contributed by atoms with Gasteiger partial charge in [0.05, 0.1) is 13.2 Å². The van der Waals surface area contributed by atoms with Gasteiger partial charge < -0.3 is 15.2 Å². The van der Waals surface area contributed by atoms with Crippen LogP contribution in [0.2, 0.25) is 0 Å². The van der Waals surface area contributed by atoms with E-state index in [1.165, 1.54) is 25.7 Å². The third-order valence-electron chi connectivity index (χ3n) is 4.89. The van der Waals surface area contributed by atoms with Crippen molar-refractivity contribution in [3.63, 3.8) is 0 Å². The smallest absolute Gasteiger partial charge is 0.234 e. The zero-order chi connectivity index (χ0) is 14.4. The molecule has 1 heterocycles. The molecular weight excluding hydrogens is 256 g/mol. The highest BCUT2D eigenvalue weighted by atomic mass is 16.5. The van der Waals surface area contributed by atoms with E-state index in [9.17, 15) is 9.90 Å². The van der Waals surface area contributed by atoms with Crippen LogP contribution in [0.1, 0.15) is 38.5 Å². The van der Waals surface area contributed by atoms with Gasteiger partial charge >= 0.3 is 0 Å². The maximum Gasteiger partial charge on any atom is 0.234 e. The average Bonchev–Trinajstić information content (AvgIpc) is 3.00. The van der Waals surface area contributed by atoms with Crippen LogP contribution >= 0.6 is 0 Å². The standard InChI is InChI=1S/C15H28N2O3/c1-17(13-4-2-3-5-13)10-14(19)16-11-15(12-18)6-8-20-9-7-15/h13,18H,2-12H2,1H3,(H,16,19). The molecule has 2 fully saturated rings. The van der Waals surface area contributed by atoms with Crippen molar-refractivity contribution in [2.24, 2.45) is 5.41 Å². The monoisotopic (exact) mass is 284 g/mol. The molecule has 0 aromatic carbocycles. The maximum absolute atomic E-state index is 12.0. The Kier molecular flexibility index (Phi) is 5.81. The first-order valence-electron chi connectivity index (χ1n) is 7.81. The fraction of sp³-hybridized carbons (Fsp3) is 0.933. The summed E-state index contributed by atoms with van der Waals surface area (Å²) in [7, 11) is 2.03. The molecule has 0 aromatic rings. The predicted molar refractivity (Wildman–Crippen MR) is 77.5 cm³/mol. The van der Waals surface area contributed by atoms with Crippen LogP contribution in [0.5, 0.6) is 0 Å². The molecule has 1 aliphatic carbocycles. The number of aliphatic hydroxyl groups is 1. The van der Waals surface area contributed by atoms with Crippen LogP contribution in [0.15, 0.2) is 0 Å². The molecule has 5 heteroatoms. The van der Waals surface area contributed by atoms with Crippen LogP contribution < -0.4 is 5.32 Å². The summed E-state index contributed by atoms with van der Waals surface area (Å²) < 4.78 is 5.33. The summed E-state index contributed by atoms with van der Waals surface area (Å²) >= 11 is 0. The van der Waals surface area contributed by atoms with Gasteiger partial charge in [0, 0.05) is 31.2 Å². The maximum atomic E-state index is 12.0. The number of hydrogen-bond donors (Lipinski definition) is 2. The summed E-state index contributed by atoms with van der Waals surface area (Å²) in [5.41, 5.74) is -0.181. The topological polar surface area (TPSA) is 61.8 Å². The number of hydrogen-bond acceptors (Lipinski definition) is 4. The van der Waals surface area contributed by atoms with E-state index < -0.39 is 0 Å². The molecule has 20 heavy (non-hydrogen) atoms. The Labute approximate surface area is 121 Å². The molecule has 0 atom stereocenters. The molecule has 1 aliphatic heterocycles. The zero-order valence-corrected chi connectivity index (χ0v) is 12.6. The lowest BCUT2D eigenvalue weighted by molar-refractivity contribution is -0.123. The first kappa shape index (κ1) is 15.7. The molecule has 0 bridgehead atoms. The molecule has 2 N–H and O–H groups in total. The largest absolute Gasteiger partial charge is 0.396 e. The Morgan fingerprint density at radius 2 is 2.00 bits per heavy atom. The van der Waals surface area contributed by atoms with Gasteiger partial charge in [0.25, 0.3) is 0 Å². The highest BCUT2D eigenvalue weighted by Crippen LogP contribution is 2.29. The van der Waals surface area contributed by atoms with Crippen molar-refractivity contribution in [2.45, 2.75) is 44.6 Å². The quantitative estimate of drug-likeness (QED) is 0.756. The number of nitrogens with one attached hydrogen (secondary N) is 1. The summed E-state index contributed by atoms with van der Waals surface area (Å²) in [6.45, 7) is 2.50.